The van der Waals surface area contributed by atoms with Crippen LogP contribution in [0.4, 0.5) is 0 Å². The van der Waals surface area contributed by atoms with Gasteiger partial charge in [0.25, 0.3) is 0 Å². The van der Waals surface area contributed by atoms with Gasteiger partial charge in [-0.1, -0.05) is 0 Å². The second-order valence-corrected chi connectivity index (χ2v) is 5.36. The average Bonchev–Trinajstić information content (AvgIpc) is 2.21. The van der Waals surface area contributed by atoms with E-state index in [0.717, 1.165) is 0 Å². The van der Waals surface area contributed by atoms with Crippen LogP contribution in [0.25, 0.3) is 0 Å². The molecule has 0 aliphatic carbocycles. The van der Waals surface area contributed by atoms with E-state index in [1.165, 1.54) is 44.6 Å². The number of hydrogen-bond acceptors (Lipinski definition) is 3. The molecule has 3 heteroatoms. The van der Waals surface area contributed by atoms with Crippen molar-refractivity contribution in [3.63, 3.8) is 0 Å². The first-order chi connectivity index (χ1) is 7.18. The summed E-state index contributed by atoms with van der Waals surface area (Å²) in [7, 11) is 2.20. The largest absolute Gasteiger partial charge is 0.317 e. The van der Waals surface area contributed by atoms with Gasteiger partial charge in [-0.3, -0.25) is 0 Å². The van der Waals surface area contributed by atoms with Crippen LogP contribution < -0.4 is 5.32 Å². The molecule has 15 heavy (non-hydrogen) atoms. The lowest BCUT2D eigenvalue weighted by atomic mass is 10.2. The van der Waals surface area contributed by atoms with Crippen LogP contribution in [0.1, 0.15) is 33.1 Å². The van der Waals surface area contributed by atoms with Gasteiger partial charge in [-0.05, 0) is 71.8 Å². The molecule has 0 aromatic rings. The summed E-state index contributed by atoms with van der Waals surface area (Å²) < 4.78 is 0. The molecule has 0 spiro atoms. The third kappa shape index (κ3) is 10.6. The zero-order chi connectivity index (χ0) is 11.5. The van der Waals surface area contributed by atoms with Crippen LogP contribution >= 0.6 is 11.8 Å². The molecule has 0 radical (unpaired) electrons. The van der Waals surface area contributed by atoms with Crippen molar-refractivity contribution in [2.45, 2.75) is 39.2 Å². The molecule has 0 aromatic heterocycles. The highest BCUT2D eigenvalue weighted by molar-refractivity contribution is 7.98. The molecule has 0 amide bonds. The fraction of sp³-hybridized carbons (Fsp3) is 1.00. The number of rotatable bonds is 10. The molecule has 0 fully saturated rings. The zero-order valence-electron chi connectivity index (χ0n) is 10.9. The Morgan fingerprint density at radius 3 is 2.40 bits per heavy atom. The maximum Gasteiger partial charge on any atom is 0.00355 e. The molecular weight excluding hydrogens is 204 g/mol. The van der Waals surface area contributed by atoms with Crippen molar-refractivity contribution >= 4 is 11.8 Å². The second kappa shape index (κ2) is 10.8. The Hall–Kier alpha value is 0.270. The van der Waals surface area contributed by atoms with E-state index in [2.05, 4.69) is 37.4 Å². The quantitative estimate of drug-likeness (QED) is 0.583. The van der Waals surface area contributed by atoms with Crippen LogP contribution in [0.15, 0.2) is 0 Å². The summed E-state index contributed by atoms with van der Waals surface area (Å²) in [4.78, 5) is 2.41. The summed E-state index contributed by atoms with van der Waals surface area (Å²) in [6.45, 7) is 8.09. The van der Waals surface area contributed by atoms with E-state index < -0.39 is 0 Å². The fourth-order valence-electron chi connectivity index (χ4n) is 1.34. The molecule has 0 heterocycles. The molecule has 2 nitrogen and oxygen atoms in total. The van der Waals surface area contributed by atoms with Crippen molar-refractivity contribution in [2.24, 2.45) is 0 Å². The van der Waals surface area contributed by atoms with Gasteiger partial charge in [-0.15, -0.1) is 0 Å². The predicted molar refractivity (Wildman–Crippen MR) is 72.9 cm³/mol. The lowest BCUT2D eigenvalue weighted by Crippen LogP contribution is -2.28. The summed E-state index contributed by atoms with van der Waals surface area (Å²) in [5.41, 5.74) is 0. The fourth-order valence-corrected chi connectivity index (χ4v) is 1.77. The van der Waals surface area contributed by atoms with Crippen LogP contribution in [0.3, 0.4) is 0 Å². The number of unbranched alkanes of at least 4 members (excludes halogenated alkanes) is 1. The number of hydrogen-bond donors (Lipinski definition) is 1. The Labute approximate surface area is 100 Å². The SMILES string of the molecule is CSCCCNCCCCN(C)C(C)C. The maximum atomic E-state index is 3.49. The molecule has 92 valence electrons. The van der Waals surface area contributed by atoms with Gasteiger partial charge in [0, 0.05) is 6.04 Å². The summed E-state index contributed by atoms with van der Waals surface area (Å²) in [5.74, 6) is 1.28. The first-order valence-electron chi connectivity index (χ1n) is 6.08. The van der Waals surface area contributed by atoms with Crippen molar-refractivity contribution < 1.29 is 0 Å². The van der Waals surface area contributed by atoms with E-state index in [9.17, 15) is 0 Å². The minimum absolute atomic E-state index is 0.680. The van der Waals surface area contributed by atoms with E-state index in [0.29, 0.717) is 6.04 Å². The van der Waals surface area contributed by atoms with Crippen LogP contribution in [-0.4, -0.2) is 49.6 Å². The Morgan fingerprint density at radius 1 is 1.13 bits per heavy atom. The van der Waals surface area contributed by atoms with Crippen LogP contribution in [0, 0.1) is 0 Å². The number of nitrogens with one attached hydrogen (secondary N) is 1. The highest BCUT2D eigenvalue weighted by atomic mass is 32.2. The van der Waals surface area contributed by atoms with Gasteiger partial charge in [0.1, 0.15) is 0 Å². The van der Waals surface area contributed by atoms with Gasteiger partial charge < -0.3 is 10.2 Å². The van der Waals surface area contributed by atoms with Crippen LogP contribution in [0.5, 0.6) is 0 Å². The van der Waals surface area contributed by atoms with Crippen molar-refractivity contribution in [1.82, 2.24) is 10.2 Å². The highest BCUT2D eigenvalue weighted by Gasteiger charge is 2.01. The standard InChI is InChI=1S/C12H28N2S/c1-12(2)14(3)10-6-5-8-13-9-7-11-15-4/h12-13H,5-11H2,1-4H3. The van der Waals surface area contributed by atoms with Gasteiger partial charge in [0.05, 0.1) is 0 Å². The summed E-state index contributed by atoms with van der Waals surface area (Å²) in [5, 5.41) is 3.49. The Kier molecular flexibility index (Phi) is 11.0. The first kappa shape index (κ1) is 15.3. The molecule has 1 N–H and O–H groups in total. The molecule has 0 bridgehead atoms. The zero-order valence-corrected chi connectivity index (χ0v) is 11.7. The van der Waals surface area contributed by atoms with Crippen LogP contribution in [-0.2, 0) is 0 Å². The molecule has 0 aliphatic rings. The van der Waals surface area contributed by atoms with Crippen molar-refractivity contribution in [1.29, 1.82) is 0 Å². The van der Waals surface area contributed by atoms with Gasteiger partial charge >= 0.3 is 0 Å². The Balaban J connectivity index is 3.05. The first-order valence-corrected chi connectivity index (χ1v) is 7.47. The molecule has 0 unspecified atom stereocenters. The third-order valence-corrected chi connectivity index (χ3v) is 3.39. The molecular formula is C12H28N2S. The normalized spacial score (nSPS) is 11.6. The highest BCUT2D eigenvalue weighted by Crippen LogP contribution is 1.97. The summed E-state index contributed by atoms with van der Waals surface area (Å²) in [6.07, 6.45) is 6.08. The van der Waals surface area contributed by atoms with E-state index in [1.807, 2.05) is 11.8 Å². The van der Waals surface area contributed by atoms with Gasteiger partial charge in [0.2, 0.25) is 0 Å². The number of nitrogens with zero attached hydrogens (tertiary/aromatic N) is 1. The lowest BCUT2D eigenvalue weighted by molar-refractivity contribution is 0.268. The van der Waals surface area contributed by atoms with Gasteiger partial charge in [-0.2, -0.15) is 11.8 Å². The smallest absolute Gasteiger partial charge is 0.00355 e. The molecule has 0 rings (SSSR count). The second-order valence-electron chi connectivity index (χ2n) is 4.38. The molecule has 0 saturated carbocycles. The molecule has 0 saturated heterocycles. The third-order valence-electron chi connectivity index (χ3n) is 2.70. The van der Waals surface area contributed by atoms with Crippen molar-refractivity contribution in [3.05, 3.63) is 0 Å². The number of thioether (sulfide) groups is 1. The molecule has 0 aromatic carbocycles. The summed E-state index contributed by atoms with van der Waals surface area (Å²) >= 11 is 1.93. The predicted octanol–water partition coefficient (Wildman–Crippen LogP) is 2.45. The average molecular weight is 232 g/mol. The summed E-state index contributed by atoms with van der Waals surface area (Å²) in [6, 6.07) is 0.680. The Bertz CT molecular complexity index is 129. The lowest BCUT2D eigenvalue weighted by Gasteiger charge is -2.20. The molecule has 0 aliphatic heterocycles. The van der Waals surface area contributed by atoms with Crippen molar-refractivity contribution in [2.75, 3.05) is 38.7 Å². The minimum atomic E-state index is 0.680. The van der Waals surface area contributed by atoms with Gasteiger partial charge in [0.15, 0.2) is 0 Å². The molecule has 0 atom stereocenters. The van der Waals surface area contributed by atoms with E-state index in [1.54, 1.807) is 0 Å². The van der Waals surface area contributed by atoms with Crippen molar-refractivity contribution in [3.8, 4) is 0 Å². The minimum Gasteiger partial charge on any atom is -0.317 e. The maximum absolute atomic E-state index is 3.49. The van der Waals surface area contributed by atoms with E-state index in [-0.39, 0.29) is 0 Å². The monoisotopic (exact) mass is 232 g/mol. The van der Waals surface area contributed by atoms with Gasteiger partial charge in [-0.25, -0.2) is 0 Å². The topological polar surface area (TPSA) is 15.3 Å². The van der Waals surface area contributed by atoms with E-state index >= 15 is 0 Å². The van der Waals surface area contributed by atoms with E-state index in [4.69, 9.17) is 0 Å². The Morgan fingerprint density at radius 2 is 1.80 bits per heavy atom. The van der Waals surface area contributed by atoms with Crippen LogP contribution in [0.2, 0.25) is 0 Å².